The molecule has 2 unspecified atom stereocenters. The van der Waals surface area contributed by atoms with E-state index in [9.17, 15) is 4.79 Å². The fraction of sp³-hybridized carbons (Fsp3) is 0.214. The largest absolute Gasteiger partial charge is 0.480 e. The Morgan fingerprint density at radius 3 is 2.80 bits per heavy atom. The molecule has 20 heavy (non-hydrogen) atoms. The molecule has 0 bridgehead atoms. The van der Waals surface area contributed by atoms with Crippen molar-refractivity contribution in [2.75, 3.05) is 5.75 Å². The Morgan fingerprint density at radius 1 is 1.30 bits per heavy atom. The van der Waals surface area contributed by atoms with Gasteiger partial charge in [-0.2, -0.15) is 0 Å². The average Bonchev–Trinajstić information content (AvgIpc) is 3.08. The molecule has 104 valence electrons. The van der Waals surface area contributed by atoms with E-state index < -0.39 is 12.0 Å². The van der Waals surface area contributed by atoms with Crippen molar-refractivity contribution in [3.8, 4) is 11.7 Å². The molecule has 1 saturated heterocycles. The molecule has 2 aromatic rings. The minimum Gasteiger partial charge on any atom is -0.480 e. The molecule has 2 atom stereocenters. The van der Waals surface area contributed by atoms with Crippen LogP contribution in [-0.2, 0) is 4.79 Å². The van der Waals surface area contributed by atoms with Gasteiger partial charge in [0.15, 0.2) is 0 Å². The van der Waals surface area contributed by atoms with Gasteiger partial charge in [0, 0.05) is 11.8 Å². The van der Waals surface area contributed by atoms with E-state index in [-0.39, 0.29) is 5.37 Å². The van der Waals surface area contributed by atoms with Gasteiger partial charge < -0.3 is 14.3 Å². The SMILES string of the molecule is O=C(O)C1CSC(c2ccc(Oc3ccccc3)o2)N1. The van der Waals surface area contributed by atoms with Crippen LogP contribution in [0.4, 0.5) is 0 Å². The number of rotatable bonds is 4. The Labute approximate surface area is 119 Å². The summed E-state index contributed by atoms with van der Waals surface area (Å²) < 4.78 is 11.2. The molecule has 0 amide bonds. The second kappa shape index (κ2) is 5.60. The highest BCUT2D eigenvalue weighted by molar-refractivity contribution is 7.99. The van der Waals surface area contributed by atoms with Gasteiger partial charge in [-0.25, -0.2) is 0 Å². The molecule has 1 aromatic heterocycles. The third kappa shape index (κ3) is 2.81. The highest BCUT2D eigenvalue weighted by atomic mass is 32.2. The summed E-state index contributed by atoms with van der Waals surface area (Å²) in [5.74, 6) is 1.45. The van der Waals surface area contributed by atoms with Crippen molar-refractivity contribution >= 4 is 17.7 Å². The van der Waals surface area contributed by atoms with Crippen molar-refractivity contribution in [3.63, 3.8) is 0 Å². The number of carboxylic acid groups (broad SMARTS) is 1. The van der Waals surface area contributed by atoms with Gasteiger partial charge in [0.05, 0.1) is 0 Å². The van der Waals surface area contributed by atoms with Crippen LogP contribution in [0, 0.1) is 0 Å². The summed E-state index contributed by atoms with van der Waals surface area (Å²) in [7, 11) is 0. The van der Waals surface area contributed by atoms with Crippen LogP contribution in [-0.4, -0.2) is 22.9 Å². The predicted octanol–water partition coefficient (Wildman–Crippen LogP) is 2.86. The zero-order chi connectivity index (χ0) is 13.9. The van der Waals surface area contributed by atoms with Gasteiger partial charge in [-0.3, -0.25) is 10.1 Å². The van der Waals surface area contributed by atoms with Crippen LogP contribution in [0.1, 0.15) is 11.1 Å². The van der Waals surface area contributed by atoms with E-state index in [1.165, 1.54) is 11.8 Å². The number of carbonyl (C=O) groups is 1. The normalized spacial score (nSPS) is 21.8. The van der Waals surface area contributed by atoms with Gasteiger partial charge in [-0.15, -0.1) is 11.8 Å². The Bertz CT molecular complexity index is 598. The lowest BCUT2D eigenvalue weighted by molar-refractivity contribution is -0.138. The van der Waals surface area contributed by atoms with Crippen LogP contribution in [0.5, 0.6) is 11.7 Å². The monoisotopic (exact) mass is 291 g/mol. The van der Waals surface area contributed by atoms with Gasteiger partial charge in [0.2, 0.25) is 0 Å². The van der Waals surface area contributed by atoms with E-state index in [0.29, 0.717) is 23.2 Å². The smallest absolute Gasteiger partial charge is 0.321 e. The molecule has 3 rings (SSSR count). The molecule has 1 aliphatic heterocycles. The molecule has 0 aliphatic carbocycles. The maximum absolute atomic E-state index is 10.9. The highest BCUT2D eigenvalue weighted by Crippen LogP contribution is 2.36. The molecule has 2 N–H and O–H groups in total. The molecule has 0 saturated carbocycles. The molecule has 1 fully saturated rings. The number of nitrogens with one attached hydrogen (secondary N) is 1. The lowest BCUT2D eigenvalue weighted by atomic mass is 10.3. The molecule has 2 heterocycles. The number of aliphatic carboxylic acids is 1. The molecule has 0 spiro atoms. The van der Waals surface area contributed by atoms with Crippen LogP contribution < -0.4 is 10.1 Å². The van der Waals surface area contributed by atoms with Gasteiger partial charge in [0.1, 0.15) is 22.9 Å². The fourth-order valence-corrected chi connectivity index (χ4v) is 3.09. The van der Waals surface area contributed by atoms with Gasteiger partial charge in [0.25, 0.3) is 5.95 Å². The Hall–Kier alpha value is -1.92. The van der Waals surface area contributed by atoms with Gasteiger partial charge >= 0.3 is 5.97 Å². The van der Waals surface area contributed by atoms with E-state index in [1.54, 1.807) is 12.1 Å². The summed E-state index contributed by atoms with van der Waals surface area (Å²) in [6.45, 7) is 0. The summed E-state index contributed by atoms with van der Waals surface area (Å²) in [4.78, 5) is 10.9. The number of benzene rings is 1. The first-order valence-electron chi connectivity index (χ1n) is 6.15. The third-order valence-corrected chi connectivity index (χ3v) is 4.13. The Balaban J connectivity index is 1.67. The number of ether oxygens (including phenoxy) is 1. The molecular weight excluding hydrogens is 278 g/mol. The number of furan rings is 1. The van der Waals surface area contributed by atoms with Crippen molar-refractivity contribution in [2.45, 2.75) is 11.4 Å². The zero-order valence-corrected chi connectivity index (χ0v) is 11.3. The van der Waals surface area contributed by atoms with Crippen molar-refractivity contribution in [1.29, 1.82) is 0 Å². The van der Waals surface area contributed by atoms with Crippen LogP contribution >= 0.6 is 11.8 Å². The summed E-state index contributed by atoms with van der Waals surface area (Å²) in [6, 6.07) is 12.3. The minimum absolute atomic E-state index is 0.149. The van der Waals surface area contributed by atoms with E-state index in [1.807, 2.05) is 30.3 Å². The molecule has 0 radical (unpaired) electrons. The summed E-state index contributed by atoms with van der Waals surface area (Å²) in [6.07, 6.45) is 0. The standard InChI is InChI=1S/C14H13NO4S/c16-14(17)10-8-20-13(15-10)11-6-7-12(19-11)18-9-4-2-1-3-5-9/h1-7,10,13,15H,8H2,(H,16,17). The number of para-hydroxylation sites is 1. The van der Waals surface area contributed by atoms with Gasteiger partial charge in [-0.05, 0) is 18.2 Å². The molecule has 6 heteroatoms. The fourth-order valence-electron chi connectivity index (χ4n) is 1.91. The number of carboxylic acids is 1. The van der Waals surface area contributed by atoms with Crippen molar-refractivity contribution in [1.82, 2.24) is 5.32 Å². The second-order valence-electron chi connectivity index (χ2n) is 4.34. The summed E-state index contributed by atoms with van der Waals surface area (Å²) in [5.41, 5.74) is 0. The predicted molar refractivity (Wildman–Crippen MR) is 75.0 cm³/mol. The average molecular weight is 291 g/mol. The molecule has 1 aliphatic rings. The van der Waals surface area contributed by atoms with Crippen molar-refractivity contribution < 1.29 is 19.1 Å². The van der Waals surface area contributed by atoms with Crippen LogP contribution in [0.2, 0.25) is 0 Å². The first-order valence-corrected chi connectivity index (χ1v) is 7.20. The van der Waals surface area contributed by atoms with E-state index in [2.05, 4.69) is 5.32 Å². The van der Waals surface area contributed by atoms with Crippen LogP contribution in [0.3, 0.4) is 0 Å². The quantitative estimate of drug-likeness (QED) is 0.902. The topological polar surface area (TPSA) is 71.7 Å². The van der Waals surface area contributed by atoms with Crippen LogP contribution in [0.15, 0.2) is 46.9 Å². The van der Waals surface area contributed by atoms with Crippen LogP contribution in [0.25, 0.3) is 0 Å². The minimum atomic E-state index is -0.840. The first-order chi connectivity index (χ1) is 9.72. The number of thioether (sulfide) groups is 1. The maximum Gasteiger partial charge on any atom is 0.321 e. The van der Waals surface area contributed by atoms with Gasteiger partial charge in [-0.1, -0.05) is 18.2 Å². The third-order valence-electron chi connectivity index (χ3n) is 2.90. The summed E-state index contributed by atoms with van der Waals surface area (Å²) >= 11 is 1.51. The second-order valence-corrected chi connectivity index (χ2v) is 5.48. The Morgan fingerprint density at radius 2 is 2.10 bits per heavy atom. The maximum atomic E-state index is 10.9. The highest BCUT2D eigenvalue weighted by Gasteiger charge is 2.32. The van der Waals surface area contributed by atoms with Crippen molar-refractivity contribution in [2.24, 2.45) is 0 Å². The van der Waals surface area contributed by atoms with E-state index in [0.717, 1.165) is 0 Å². The lowest BCUT2D eigenvalue weighted by Gasteiger charge is -2.07. The summed E-state index contributed by atoms with van der Waals surface area (Å²) in [5, 5.41) is 11.8. The van der Waals surface area contributed by atoms with E-state index in [4.69, 9.17) is 14.3 Å². The van der Waals surface area contributed by atoms with Crippen molar-refractivity contribution in [3.05, 3.63) is 48.2 Å². The molecule has 1 aromatic carbocycles. The zero-order valence-electron chi connectivity index (χ0n) is 10.5. The Kier molecular flexibility index (Phi) is 3.66. The van der Waals surface area contributed by atoms with E-state index >= 15 is 0 Å². The number of hydrogen-bond acceptors (Lipinski definition) is 5. The lowest BCUT2D eigenvalue weighted by Crippen LogP contribution is -2.33. The number of hydrogen-bond donors (Lipinski definition) is 2. The molecule has 5 nitrogen and oxygen atoms in total. The first kappa shape index (κ1) is 13.1. The molecular formula is C14H13NO4S.